The summed E-state index contributed by atoms with van der Waals surface area (Å²) in [7, 11) is -0.834. The highest BCUT2D eigenvalue weighted by molar-refractivity contribution is 7.91. The summed E-state index contributed by atoms with van der Waals surface area (Å²) in [5, 5.41) is 3.36. The van der Waals surface area contributed by atoms with E-state index in [0.717, 1.165) is 6.54 Å². The van der Waals surface area contributed by atoms with Crippen molar-refractivity contribution < 1.29 is 8.42 Å². The molecule has 2 rings (SSSR count). The molecule has 5 heteroatoms. The molecule has 0 spiro atoms. The summed E-state index contributed by atoms with van der Waals surface area (Å²) >= 11 is 0. The van der Waals surface area contributed by atoms with Gasteiger partial charge in [0, 0.05) is 31.0 Å². The van der Waals surface area contributed by atoms with Crippen molar-refractivity contribution in [1.29, 1.82) is 0 Å². The molecule has 1 aromatic heterocycles. The lowest BCUT2D eigenvalue weighted by molar-refractivity contribution is 0.390. The fraction of sp³-hybridized carbons (Fsp3) is 0.636. The van der Waals surface area contributed by atoms with E-state index in [4.69, 9.17) is 0 Å². The Hall–Kier alpha value is -0.810. The minimum atomic E-state index is -2.82. The maximum Gasteiger partial charge on any atom is 0.152 e. The summed E-state index contributed by atoms with van der Waals surface area (Å²) in [4.78, 5) is 0. The lowest BCUT2D eigenvalue weighted by Crippen LogP contribution is -2.43. The van der Waals surface area contributed by atoms with Gasteiger partial charge in [-0.25, -0.2) is 8.42 Å². The predicted octanol–water partition coefficient (Wildman–Crippen LogP) is 0.692. The first-order valence-corrected chi connectivity index (χ1v) is 7.28. The maximum absolute atomic E-state index is 11.4. The molecule has 1 atom stereocenters. The van der Waals surface area contributed by atoms with Gasteiger partial charge in [-0.15, -0.1) is 0 Å². The zero-order valence-electron chi connectivity index (χ0n) is 9.73. The number of nitrogens with one attached hydrogen (secondary N) is 1. The van der Waals surface area contributed by atoms with Gasteiger partial charge >= 0.3 is 0 Å². The third-order valence-corrected chi connectivity index (χ3v) is 5.15. The monoisotopic (exact) mass is 242 g/mol. The topological polar surface area (TPSA) is 51.1 Å². The molecular weight excluding hydrogens is 224 g/mol. The Kier molecular flexibility index (Phi) is 2.84. The van der Waals surface area contributed by atoms with Gasteiger partial charge in [-0.2, -0.15) is 0 Å². The first-order valence-electron chi connectivity index (χ1n) is 5.46. The highest BCUT2D eigenvalue weighted by Gasteiger charge is 2.37. The lowest BCUT2D eigenvalue weighted by atomic mass is 10.0. The van der Waals surface area contributed by atoms with E-state index in [1.807, 2.05) is 36.9 Å². The first-order chi connectivity index (χ1) is 7.40. The molecule has 0 radical (unpaired) electrons. The molecule has 1 fully saturated rings. The number of aromatic nitrogens is 1. The van der Waals surface area contributed by atoms with Crippen molar-refractivity contribution in [3.63, 3.8) is 0 Å². The fourth-order valence-electron chi connectivity index (χ4n) is 2.13. The van der Waals surface area contributed by atoms with Gasteiger partial charge in [-0.1, -0.05) is 0 Å². The second kappa shape index (κ2) is 3.89. The zero-order valence-corrected chi connectivity index (χ0v) is 10.5. The Morgan fingerprint density at radius 1 is 1.56 bits per heavy atom. The number of nitrogens with zero attached hydrogens (tertiary/aromatic N) is 1. The van der Waals surface area contributed by atoms with E-state index in [9.17, 15) is 8.42 Å². The summed E-state index contributed by atoms with van der Waals surface area (Å²) in [5.41, 5.74) is 0.911. The summed E-state index contributed by atoms with van der Waals surface area (Å²) in [5.74, 6) is 0.564. The molecule has 1 aliphatic rings. The van der Waals surface area contributed by atoms with Crippen LogP contribution in [0.15, 0.2) is 18.3 Å². The fourth-order valence-corrected chi connectivity index (χ4v) is 4.26. The molecule has 0 aliphatic carbocycles. The molecule has 0 saturated carbocycles. The maximum atomic E-state index is 11.4. The van der Waals surface area contributed by atoms with Gasteiger partial charge in [0.2, 0.25) is 0 Å². The molecular formula is C11H18N2O2S. The number of hydrogen-bond acceptors (Lipinski definition) is 3. The second-order valence-electron chi connectivity index (χ2n) is 4.87. The van der Waals surface area contributed by atoms with E-state index in [0.29, 0.717) is 12.2 Å². The number of sulfone groups is 1. The van der Waals surface area contributed by atoms with Crippen LogP contribution in [0.5, 0.6) is 0 Å². The van der Waals surface area contributed by atoms with Gasteiger partial charge in [0.1, 0.15) is 0 Å². The number of hydrogen-bond donors (Lipinski definition) is 1. The van der Waals surface area contributed by atoms with Crippen LogP contribution in [-0.2, 0) is 23.4 Å². The van der Waals surface area contributed by atoms with Crippen LogP contribution in [0.3, 0.4) is 0 Å². The van der Waals surface area contributed by atoms with Crippen molar-refractivity contribution in [2.75, 3.05) is 11.5 Å². The molecule has 1 saturated heterocycles. The molecule has 0 amide bonds. The Morgan fingerprint density at radius 2 is 2.31 bits per heavy atom. The van der Waals surface area contributed by atoms with Gasteiger partial charge in [0.05, 0.1) is 11.5 Å². The molecule has 1 aromatic rings. The summed E-state index contributed by atoms with van der Waals surface area (Å²) < 4.78 is 24.9. The average Bonchev–Trinajstić information content (AvgIpc) is 2.69. The number of rotatable bonds is 3. The van der Waals surface area contributed by atoms with Gasteiger partial charge in [0.15, 0.2) is 9.84 Å². The third kappa shape index (κ3) is 2.47. The lowest BCUT2D eigenvalue weighted by Gasteiger charge is -2.24. The molecule has 0 aromatic carbocycles. The Labute approximate surface area is 96.6 Å². The predicted molar refractivity (Wildman–Crippen MR) is 63.9 cm³/mol. The number of aryl methyl sites for hydroxylation is 1. The van der Waals surface area contributed by atoms with Crippen LogP contribution in [-0.4, -0.2) is 30.0 Å². The molecule has 2 heterocycles. The SMILES string of the molecule is Cn1cccc1CNC1(C)CCS(=O)(=O)C1. The van der Waals surface area contributed by atoms with Crippen molar-refractivity contribution >= 4 is 9.84 Å². The largest absolute Gasteiger partial charge is 0.353 e. The van der Waals surface area contributed by atoms with Crippen LogP contribution >= 0.6 is 0 Å². The first kappa shape index (κ1) is 11.7. The standard InChI is InChI=1S/C11H18N2O2S/c1-11(5-7-16(14,15)9-11)12-8-10-4-3-6-13(10)2/h3-4,6,12H,5,7-9H2,1-2H3. The molecule has 1 unspecified atom stereocenters. The van der Waals surface area contributed by atoms with Gasteiger partial charge in [-0.05, 0) is 25.5 Å². The summed E-state index contributed by atoms with van der Waals surface area (Å²) in [6, 6.07) is 4.03. The average molecular weight is 242 g/mol. The smallest absolute Gasteiger partial charge is 0.152 e. The molecule has 0 bridgehead atoms. The van der Waals surface area contributed by atoms with E-state index in [1.165, 1.54) is 5.69 Å². The minimum Gasteiger partial charge on any atom is -0.353 e. The molecule has 4 nitrogen and oxygen atoms in total. The Balaban J connectivity index is 1.99. The van der Waals surface area contributed by atoms with Crippen LogP contribution in [0.2, 0.25) is 0 Å². The van der Waals surface area contributed by atoms with Gasteiger partial charge in [-0.3, -0.25) is 0 Å². The van der Waals surface area contributed by atoms with Crippen LogP contribution in [0.25, 0.3) is 0 Å². The van der Waals surface area contributed by atoms with Crippen LogP contribution in [0, 0.1) is 0 Å². The highest BCUT2D eigenvalue weighted by Crippen LogP contribution is 2.23. The summed E-state index contributed by atoms with van der Waals surface area (Å²) in [6.07, 6.45) is 2.70. The van der Waals surface area contributed by atoms with Crippen LogP contribution in [0.4, 0.5) is 0 Å². The van der Waals surface area contributed by atoms with E-state index in [2.05, 4.69) is 5.32 Å². The zero-order chi connectivity index (χ0) is 11.8. The third-order valence-electron chi connectivity index (χ3n) is 3.25. The minimum absolute atomic E-state index is 0.254. The Morgan fingerprint density at radius 3 is 2.81 bits per heavy atom. The van der Waals surface area contributed by atoms with E-state index in [1.54, 1.807) is 0 Å². The van der Waals surface area contributed by atoms with Crippen LogP contribution in [0.1, 0.15) is 19.0 Å². The molecule has 16 heavy (non-hydrogen) atoms. The van der Waals surface area contributed by atoms with E-state index in [-0.39, 0.29) is 11.3 Å². The van der Waals surface area contributed by atoms with Crippen LogP contribution < -0.4 is 5.32 Å². The van der Waals surface area contributed by atoms with Crippen molar-refractivity contribution in [3.8, 4) is 0 Å². The summed E-state index contributed by atoms with van der Waals surface area (Å²) in [6.45, 7) is 2.70. The van der Waals surface area contributed by atoms with Crippen molar-refractivity contribution in [2.45, 2.75) is 25.4 Å². The van der Waals surface area contributed by atoms with Gasteiger partial charge < -0.3 is 9.88 Å². The molecule has 1 aliphatic heterocycles. The molecule has 1 N–H and O–H groups in total. The highest BCUT2D eigenvalue weighted by atomic mass is 32.2. The normalized spacial score (nSPS) is 28.4. The van der Waals surface area contributed by atoms with Crippen molar-refractivity contribution in [1.82, 2.24) is 9.88 Å². The second-order valence-corrected chi connectivity index (χ2v) is 7.05. The van der Waals surface area contributed by atoms with E-state index < -0.39 is 9.84 Å². The van der Waals surface area contributed by atoms with E-state index >= 15 is 0 Å². The Bertz CT molecular complexity index is 478. The van der Waals surface area contributed by atoms with Gasteiger partial charge in [0.25, 0.3) is 0 Å². The quantitative estimate of drug-likeness (QED) is 0.848. The van der Waals surface area contributed by atoms with Crippen molar-refractivity contribution in [3.05, 3.63) is 24.0 Å². The van der Waals surface area contributed by atoms with Crippen molar-refractivity contribution in [2.24, 2.45) is 7.05 Å². The molecule has 90 valence electrons.